The van der Waals surface area contributed by atoms with E-state index < -0.39 is 0 Å². The molecule has 0 radical (unpaired) electrons. The first-order chi connectivity index (χ1) is 14.6. The van der Waals surface area contributed by atoms with Crippen molar-refractivity contribution in [1.82, 2.24) is 19.7 Å². The molecular formula is C24H23N5S. The summed E-state index contributed by atoms with van der Waals surface area (Å²) in [5.41, 5.74) is 8.86. The highest BCUT2D eigenvalue weighted by atomic mass is 32.1. The van der Waals surface area contributed by atoms with Crippen molar-refractivity contribution in [2.75, 3.05) is 0 Å². The molecule has 0 aliphatic carbocycles. The molecule has 1 unspecified atom stereocenters. The molecule has 2 aromatic heterocycles. The van der Waals surface area contributed by atoms with Gasteiger partial charge in [0.2, 0.25) is 0 Å². The van der Waals surface area contributed by atoms with E-state index in [0.29, 0.717) is 0 Å². The van der Waals surface area contributed by atoms with Crippen LogP contribution in [-0.4, -0.2) is 32.0 Å². The van der Waals surface area contributed by atoms with Gasteiger partial charge >= 0.3 is 0 Å². The summed E-state index contributed by atoms with van der Waals surface area (Å²) >= 11 is 1.68. The topological polar surface area (TPSA) is 46.3 Å². The van der Waals surface area contributed by atoms with Gasteiger partial charge in [-0.3, -0.25) is 9.67 Å². The molecule has 0 saturated carbocycles. The number of fused-ring (bicyclic) bond motifs is 1. The second-order valence-corrected chi connectivity index (χ2v) is 8.45. The third kappa shape index (κ3) is 3.23. The molecule has 0 spiro atoms. The second-order valence-electron chi connectivity index (χ2n) is 7.57. The average molecular weight is 414 g/mol. The molecule has 1 aliphatic heterocycles. The van der Waals surface area contributed by atoms with Crippen molar-refractivity contribution in [2.45, 2.75) is 26.1 Å². The highest BCUT2D eigenvalue weighted by Gasteiger charge is 2.26. The van der Waals surface area contributed by atoms with Gasteiger partial charge in [-0.05, 0) is 55.3 Å². The molecule has 3 heterocycles. The summed E-state index contributed by atoms with van der Waals surface area (Å²) in [6.07, 6.45) is 5.93. The summed E-state index contributed by atoms with van der Waals surface area (Å²) in [5.74, 6) is 0. The molecule has 1 aliphatic rings. The Kier molecular flexibility index (Phi) is 4.71. The second kappa shape index (κ2) is 7.54. The van der Waals surface area contributed by atoms with E-state index in [9.17, 15) is 0 Å². The minimum absolute atomic E-state index is 0.0533. The van der Waals surface area contributed by atoms with Crippen molar-refractivity contribution in [1.29, 1.82) is 0 Å². The van der Waals surface area contributed by atoms with E-state index in [-0.39, 0.29) is 12.2 Å². The number of aliphatic imine (C=N–C) groups is 1. The molecule has 4 aromatic rings. The van der Waals surface area contributed by atoms with Crippen LogP contribution in [0, 0.1) is 0 Å². The Morgan fingerprint density at radius 1 is 1.07 bits per heavy atom. The molecule has 0 amide bonds. The van der Waals surface area contributed by atoms with E-state index in [4.69, 9.17) is 0 Å². The lowest BCUT2D eigenvalue weighted by atomic mass is 9.99. The highest BCUT2D eigenvalue weighted by molar-refractivity contribution is 7.16. The maximum Gasteiger partial charge on any atom is 0.118 e. The zero-order valence-corrected chi connectivity index (χ0v) is 18.0. The van der Waals surface area contributed by atoms with Gasteiger partial charge in [-0.1, -0.05) is 24.3 Å². The van der Waals surface area contributed by atoms with Gasteiger partial charge in [-0.15, -0.1) is 11.3 Å². The quantitative estimate of drug-likeness (QED) is 0.442. The van der Waals surface area contributed by atoms with E-state index >= 15 is 0 Å². The molecule has 2 atom stereocenters. The third-order valence-corrected chi connectivity index (χ3v) is 6.54. The number of thiazole rings is 1. The Bertz CT molecular complexity index is 1270. The Balaban J connectivity index is 1.53. The van der Waals surface area contributed by atoms with Crippen LogP contribution in [0.25, 0.3) is 27.2 Å². The summed E-state index contributed by atoms with van der Waals surface area (Å²) in [7, 11) is 1.98. The number of allylic oxidation sites excluding steroid dienone is 1. The Morgan fingerprint density at radius 2 is 1.97 bits per heavy atom. The van der Waals surface area contributed by atoms with Crippen LogP contribution in [0.1, 0.15) is 31.0 Å². The zero-order valence-electron chi connectivity index (χ0n) is 17.2. The van der Waals surface area contributed by atoms with Crippen molar-refractivity contribution in [3.63, 3.8) is 0 Å². The van der Waals surface area contributed by atoms with Crippen LogP contribution in [0.5, 0.6) is 0 Å². The van der Waals surface area contributed by atoms with Gasteiger partial charge in [0.05, 0.1) is 27.5 Å². The van der Waals surface area contributed by atoms with Crippen LogP contribution in [0.4, 0.5) is 0 Å². The first kappa shape index (κ1) is 18.8. The summed E-state index contributed by atoms with van der Waals surface area (Å²) in [4.78, 5) is 11.5. The lowest BCUT2D eigenvalue weighted by molar-refractivity contribution is 0.252. The van der Waals surface area contributed by atoms with Crippen LogP contribution < -0.4 is 0 Å². The van der Waals surface area contributed by atoms with Crippen molar-refractivity contribution >= 4 is 33.5 Å². The first-order valence-electron chi connectivity index (χ1n) is 10.1. The third-order valence-electron chi connectivity index (χ3n) is 5.74. The van der Waals surface area contributed by atoms with E-state index in [1.165, 1.54) is 27.1 Å². The fourth-order valence-corrected chi connectivity index (χ4v) is 4.88. The maximum atomic E-state index is 4.67. The van der Waals surface area contributed by atoms with Crippen LogP contribution >= 0.6 is 11.3 Å². The molecule has 150 valence electrons. The molecule has 0 fully saturated rings. The van der Waals surface area contributed by atoms with Crippen molar-refractivity contribution in [3.05, 3.63) is 77.4 Å². The van der Waals surface area contributed by atoms with Crippen LogP contribution in [0.15, 0.2) is 71.3 Å². The van der Waals surface area contributed by atoms with E-state index in [1.807, 2.05) is 35.7 Å². The largest absolute Gasteiger partial charge is 0.343 e. The van der Waals surface area contributed by atoms with Crippen molar-refractivity contribution in [3.8, 4) is 11.3 Å². The minimum Gasteiger partial charge on any atom is -0.343 e. The van der Waals surface area contributed by atoms with Gasteiger partial charge in [0.15, 0.2) is 0 Å². The van der Waals surface area contributed by atoms with Gasteiger partial charge in [-0.2, -0.15) is 5.10 Å². The zero-order chi connectivity index (χ0) is 20.7. The number of hydrogen-bond donors (Lipinski definition) is 0. The minimum atomic E-state index is 0.0533. The predicted molar refractivity (Wildman–Crippen MR) is 124 cm³/mol. The number of hydrogen-bond acceptors (Lipinski definition) is 5. The molecular weight excluding hydrogens is 390 g/mol. The summed E-state index contributed by atoms with van der Waals surface area (Å²) in [6.45, 7) is 4.40. The number of benzene rings is 2. The molecule has 6 heteroatoms. The van der Waals surface area contributed by atoms with Gasteiger partial charge in [-0.25, -0.2) is 4.98 Å². The van der Waals surface area contributed by atoms with Crippen molar-refractivity contribution in [2.24, 2.45) is 12.0 Å². The fourth-order valence-electron chi connectivity index (χ4n) is 4.16. The van der Waals surface area contributed by atoms with Gasteiger partial charge < -0.3 is 4.90 Å². The highest BCUT2D eigenvalue weighted by Crippen LogP contribution is 2.36. The van der Waals surface area contributed by atoms with Crippen molar-refractivity contribution < 1.29 is 0 Å². The molecule has 5 rings (SSSR count). The monoisotopic (exact) mass is 413 g/mol. The molecule has 0 saturated heterocycles. The Labute approximate surface area is 180 Å². The normalized spacial score (nSPS) is 17.4. The number of aromatic nitrogens is 3. The molecule has 30 heavy (non-hydrogen) atoms. The Morgan fingerprint density at radius 3 is 2.80 bits per heavy atom. The lowest BCUT2D eigenvalue weighted by Gasteiger charge is -2.38. The number of nitrogens with zero attached hydrogens (tertiary/aromatic N) is 5. The Hall–Kier alpha value is -3.25. The fraction of sp³-hybridized carbons (Fsp3) is 0.208. The van der Waals surface area contributed by atoms with E-state index in [1.54, 1.807) is 11.3 Å². The van der Waals surface area contributed by atoms with Crippen LogP contribution in [-0.2, 0) is 7.05 Å². The maximum absolute atomic E-state index is 4.67. The summed E-state index contributed by atoms with van der Waals surface area (Å²) < 4.78 is 3.11. The van der Waals surface area contributed by atoms with Gasteiger partial charge in [0.1, 0.15) is 6.17 Å². The SMILES string of the molecule is CC1N=CC=C(c2ccc3ncsc3c2)N1[C@@H](C)c1cccc(-c2ccnn2C)c1. The van der Waals surface area contributed by atoms with Crippen LogP contribution in [0.2, 0.25) is 0 Å². The van der Waals surface area contributed by atoms with E-state index in [0.717, 1.165) is 11.2 Å². The number of aryl methyl sites for hydroxylation is 1. The standard InChI is InChI=1S/C24H23N5S/c1-16(18-5-4-6-19(13-18)22-10-12-27-28(22)3)29-17(2)25-11-9-23(29)20-7-8-21-24(14-20)30-15-26-21/h4-17H,1-3H3/t16-,17?/m0/s1. The lowest BCUT2D eigenvalue weighted by Crippen LogP contribution is -2.34. The predicted octanol–water partition coefficient (Wildman–Crippen LogP) is 5.53. The van der Waals surface area contributed by atoms with Gasteiger partial charge in [0, 0.05) is 30.7 Å². The summed E-state index contributed by atoms with van der Waals surface area (Å²) in [6, 6.07) is 17.4. The summed E-state index contributed by atoms with van der Waals surface area (Å²) in [5, 5.41) is 4.32. The number of rotatable bonds is 4. The molecule has 0 bridgehead atoms. The van der Waals surface area contributed by atoms with Gasteiger partial charge in [0.25, 0.3) is 0 Å². The van der Waals surface area contributed by atoms with E-state index in [2.05, 4.69) is 82.4 Å². The smallest absolute Gasteiger partial charge is 0.118 e. The molecule has 5 nitrogen and oxygen atoms in total. The first-order valence-corrected chi connectivity index (χ1v) is 10.9. The molecule has 0 N–H and O–H groups in total. The average Bonchev–Trinajstić information content (AvgIpc) is 3.41. The molecule has 2 aromatic carbocycles. The van der Waals surface area contributed by atoms with Crippen LogP contribution in [0.3, 0.4) is 0 Å².